The van der Waals surface area contributed by atoms with Gasteiger partial charge in [-0.3, -0.25) is 19.4 Å². The van der Waals surface area contributed by atoms with Gasteiger partial charge in [0.1, 0.15) is 5.82 Å². The minimum atomic E-state index is -0.0721. The number of aryl methyl sites for hydroxylation is 1. The molecule has 3 aromatic heterocycles. The van der Waals surface area contributed by atoms with Crippen LogP contribution < -0.4 is 5.32 Å². The normalized spacial score (nSPS) is 17.9. The Morgan fingerprint density at radius 2 is 2.11 bits per heavy atom. The predicted molar refractivity (Wildman–Crippen MR) is 102 cm³/mol. The molecule has 1 saturated heterocycles. The smallest absolute Gasteiger partial charge is 0.239 e. The zero-order chi connectivity index (χ0) is 18.8. The summed E-state index contributed by atoms with van der Waals surface area (Å²) in [5, 5.41) is 8.97. The molecule has 0 bridgehead atoms. The number of amides is 1. The molecular formula is C19H22N6O2. The lowest BCUT2D eigenvalue weighted by Crippen LogP contribution is -2.47. The molecule has 0 radical (unpaired) electrons. The summed E-state index contributed by atoms with van der Waals surface area (Å²) in [6.45, 7) is 4.48. The second kappa shape index (κ2) is 7.42. The Hall–Kier alpha value is -2.84. The first-order valence-electron chi connectivity index (χ1n) is 8.95. The molecule has 27 heavy (non-hydrogen) atoms. The van der Waals surface area contributed by atoms with Gasteiger partial charge in [-0.05, 0) is 24.4 Å². The van der Waals surface area contributed by atoms with Crippen molar-refractivity contribution in [3.63, 3.8) is 0 Å². The van der Waals surface area contributed by atoms with Crippen LogP contribution in [0.1, 0.15) is 6.92 Å². The lowest BCUT2D eigenvalue weighted by Gasteiger charge is -2.32. The second-order valence-corrected chi connectivity index (χ2v) is 6.83. The van der Waals surface area contributed by atoms with Crippen LogP contribution in [0.25, 0.3) is 22.0 Å². The Morgan fingerprint density at radius 3 is 2.89 bits per heavy atom. The van der Waals surface area contributed by atoms with E-state index in [9.17, 15) is 4.79 Å². The van der Waals surface area contributed by atoms with Crippen molar-refractivity contribution >= 4 is 22.5 Å². The van der Waals surface area contributed by atoms with Gasteiger partial charge in [0, 0.05) is 49.2 Å². The lowest BCUT2D eigenvalue weighted by molar-refractivity contribution is -0.119. The molecule has 3 aromatic rings. The van der Waals surface area contributed by atoms with E-state index in [-0.39, 0.29) is 11.9 Å². The number of morpholine rings is 1. The summed E-state index contributed by atoms with van der Waals surface area (Å²) >= 11 is 0. The van der Waals surface area contributed by atoms with Crippen LogP contribution in [0, 0.1) is 0 Å². The van der Waals surface area contributed by atoms with Gasteiger partial charge in [0.2, 0.25) is 5.91 Å². The molecule has 1 N–H and O–H groups in total. The molecule has 0 aromatic carbocycles. The fourth-order valence-corrected chi connectivity index (χ4v) is 3.18. The Labute approximate surface area is 157 Å². The molecule has 0 aliphatic carbocycles. The van der Waals surface area contributed by atoms with Crippen LogP contribution in [0.2, 0.25) is 0 Å². The van der Waals surface area contributed by atoms with Crippen molar-refractivity contribution in [3.8, 4) is 11.3 Å². The van der Waals surface area contributed by atoms with Crippen LogP contribution in [0.3, 0.4) is 0 Å². The number of aromatic nitrogens is 4. The van der Waals surface area contributed by atoms with Gasteiger partial charge >= 0.3 is 0 Å². The van der Waals surface area contributed by atoms with E-state index in [1.807, 2.05) is 25.4 Å². The van der Waals surface area contributed by atoms with Crippen LogP contribution >= 0.6 is 0 Å². The summed E-state index contributed by atoms with van der Waals surface area (Å²) < 4.78 is 7.15. The number of nitrogens with one attached hydrogen (secondary N) is 1. The average molecular weight is 366 g/mol. The predicted octanol–water partition coefficient (Wildman–Crippen LogP) is 1.69. The quantitative estimate of drug-likeness (QED) is 0.756. The van der Waals surface area contributed by atoms with Gasteiger partial charge in [0.05, 0.1) is 31.6 Å². The molecular weight excluding hydrogens is 344 g/mol. The van der Waals surface area contributed by atoms with Crippen molar-refractivity contribution in [2.45, 2.75) is 13.0 Å². The SMILES string of the molecule is CC1COCCN1CC(=O)Nc1cc2cc(-c3cnn(C)c3)ncc2cn1. The van der Waals surface area contributed by atoms with Gasteiger partial charge < -0.3 is 10.1 Å². The fourth-order valence-electron chi connectivity index (χ4n) is 3.18. The Balaban J connectivity index is 1.51. The zero-order valence-corrected chi connectivity index (χ0v) is 15.4. The van der Waals surface area contributed by atoms with Crippen LogP contribution in [0.5, 0.6) is 0 Å². The molecule has 4 heterocycles. The van der Waals surface area contributed by atoms with Crippen molar-refractivity contribution in [2.75, 3.05) is 31.6 Å². The van der Waals surface area contributed by atoms with Crippen LogP contribution in [0.15, 0.2) is 36.9 Å². The van der Waals surface area contributed by atoms with E-state index in [0.717, 1.165) is 28.6 Å². The highest BCUT2D eigenvalue weighted by Gasteiger charge is 2.21. The topological polar surface area (TPSA) is 85.2 Å². The van der Waals surface area contributed by atoms with Crippen LogP contribution in [-0.4, -0.2) is 62.9 Å². The number of carbonyl (C=O) groups excluding carboxylic acids is 1. The highest BCUT2D eigenvalue weighted by molar-refractivity contribution is 5.94. The number of rotatable bonds is 4. The first-order chi connectivity index (χ1) is 13.1. The summed E-state index contributed by atoms with van der Waals surface area (Å²) in [5.41, 5.74) is 1.78. The molecule has 1 aliphatic heterocycles. The van der Waals surface area contributed by atoms with Gasteiger partial charge in [0.25, 0.3) is 0 Å². The van der Waals surface area contributed by atoms with E-state index >= 15 is 0 Å². The second-order valence-electron chi connectivity index (χ2n) is 6.83. The third kappa shape index (κ3) is 3.96. The molecule has 0 spiro atoms. The number of hydrogen-bond donors (Lipinski definition) is 1. The number of anilines is 1. The number of carbonyl (C=O) groups is 1. The maximum absolute atomic E-state index is 12.4. The third-order valence-corrected chi connectivity index (χ3v) is 4.72. The van der Waals surface area contributed by atoms with Crippen molar-refractivity contribution in [1.82, 2.24) is 24.6 Å². The molecule has 8 nitrogen and oxygen atoms in total. The van der Waals surface area contributed by atoms with E-state index < -0.39 is 0 Å². The van der Waals surface area contributed by atoms with Gasteiger partial charge in [-0.2, -0.15) is 5.10 Å². The van der Waals surface area contributed by atoms with Gasteiger partial charge in [-0.1, -0.05) is 0 Å². The first-order valence-corrected chi connectivity index (χ1v) is 8.95. The molecule has 1 amide bonds. The maximum atomic E-state index is 12.4. The molecule has 1 atom stereocenters. The molecule has 8 heteroatoms. The number of pyridine rings is 2. The summed E-state index contributed by atoms with van der Waals surface area (Å²) in [5.74, 6) is 0.467. The summed E-state index contributed by atoms with van der Waals surface area (Å²) in [4.78, 5) is 23.3. The molecule has 1 unspecified atom stereocenters. The molecule has 1 aliphatic rings. The van der Waals surface area contributed by atoms with E-state index in [2.05, 4.69) is 32.2 Å². The van der Waals surface area contributed by atoms with E-state index in [1.54, 1.807) is 23.3 Å². The minimum absolute atomic E-state index is 0.0721. The summed E-state index contributed by atoms with van der Waals surface area (Å²) in [7, 11) is 1.87. The third-order valence-electron chi connectivity index (χ3n) is 4.72. The Morgan fingerprint density at radius 1 is 1.26 bits per heavy atom. The molecule has 0 saturated carbocycles. The highest BCUT2D eigenvalue weighted by atomic mass is 16.5. The fraction of sp³-hybridized carbons (Fsp3) is 0.368. The zero-order valence-electron chi connectivity index (χ0n) is 15.4. The number of nitrogens with zero attached hydrogens (tertiary/aromatic N) is 5. The highest BCUT2D eigenvalue weighted by Crippen LogP contribution is 2.22. The van der Waals surface area contributed by atoms with Gasteiger partial charge in [0.15, 0.2) is 0 Å². The molecule has 140 valence electrons. The van der Waals surface area contributed by atoms with E-state index in [0.29, 0.717) is 25.6 Å². The largest absolute Gasteiger partial charge is 0.379 e. The summed E-state index contributed by atoms with van der Waals surface area (Å²) in [6.07, 6.45) is 7.21. The van der Waals surface area contributed by atoms with Crippen molar-refractivity contribution < 1.29 is 9.53 Å². The number of ether oxygens (including phenoxy) is 1. The Kier molecular flexibility index (Phi) is 4.83. The van der Waals surface area contributed by atoms with Gasteiger partial charge in [-0.15, -0.1) is 0 Å². The Bertz CT molecular complexity index is 970. The lowest BCUT2D eigenvalue weighted by atomic mass is 10.1. The number of fused-ring (bicyclic) bond motifs is 1. The van der Waals surface area contributed by atoms with Gasteiger partial charge in [-0.25, -0.2) is 4.98 Å². The van der Waals surface area contributed by atoms with Crippen LogP contribution in [-0.2, 0) is 16.6 Å². The van der Waals surface area contributed by atoms with Crippen molar-refractivity contribution in [2.24, 2.45) is 7.05 Å². The molecule has 4 rings (SSSR count). The summed E-state index contributed by atoms with van der Waals surface area (Å²) in [6, 6.07) is 4.09. The van der Waals surface area contributed by atoms with Crippen LogP contribution in [0.4, 0.5) is 5.82 Å². The van der Waals surface area contributed by atoms with Crippen molar-refractivity contribution in [3.05, 3.63) is 36.9 Å². The maximum Gasteiger partial charge on any atom is 0.239 e. The minimum Gasteiger partial charge on any atom is -0.379 e. The standard InChI is InChI=1S/C19H22N6O2/c1-13-12-27-4-3-25(13)11-19(26)23-18-6-14-5-17(16-9-22-24(2)10-16)20-7-15(14)8-21-18/h5-10,13H,3-4,11-12H2,1-2H3,(H,21,23,26). The first kappa shape index (κ1) is 17.6. The van der Waals surface area contributed by atoms with E-state index in [1.165, 1.54) is 0 Å². The van der Waals surface area contributed by atoms with Crippen molar-refractivity contribution in [1.29, 1.82) is 0 Å². The molecule has 1 fully saturated rings. The monoisotopic (exact) mass is 366 g/mol. The average Bonchev–Trinajstić information content (AvgIpc) is 3.09. The van der Waals surface area contributed by atoms with E-state index in [4.69, 9.17) is 4.74 Å². The number of hydrogen-bond acceptors (Lipinski definition) is 6.